The minimum absolute atomic E-state index is 0.0726. The van der Waals surface area contributed by atoms with Crippen LogP contribution in [-0.2, 0) is 4.79 Å². The summed E-state index contributed by atoms with van der Waals surface area (Å²) in [6, 6.07) is 8.43. The van der Waals surface area contributed by atoms with Gasteiger partial charge in [0.1, 0.15) is 0 Å². The van der Waals surface area contributed by atoms with Crippen molar-refractivity contribution >= 4 is 11.9 Å². The molecule has 0 radical (unpaired) electrons. The fourth-order valence-electron chi connectivity index (χ4n) is 2.65. The minimum Gasteiger partial charge on any atom is -0.335 e. The zero-order chi connectivity index (χ0) is 17.7. The summed E-state index contributed by atoms with van der Waals surface area (Å²) in [5.41, 5.74) is 2.46. The fraction of sp³-hybridized carbons (Fsp3) is 0.579. The molecule has 1 aromatic rings. The summed E-state index contributed by atoms with van der Waals surface area (Å²) in [5, 5.41) is 8.38. The number of rotatable bonds is 7. The lowest BCUT2D eigenvalue weighted by Gasteiger charge is -2.23. The number of carbonyl (C=O) groups excluding carboxylic acids is 2. The summed E-state index contributed by atoms with van der Waals surface area (Å²) in [7, 11) is 0. The topological polar surface area (TPSA) is 70.2 Å². The van der Waals surface area contributed by atoms with Crippen LogP contribution in [0.5, 0.6) is 0 Å². The first kappa shape index (κ1) is 18.5. The third kappa shape index (κ3) is 5.64. The van der Waals surface area contributed by atoms with E-state index in [2.05, 4.69) is 67.9 Å². The van der Waals surface area contributed by atoms with Gasteiger partial charge in [0, 0.05) is 12.1 Å². The smallest absolute Gasteiger partial charge is 0.321 e. The molecule has 0 heterocycles. The normalized spacial score (nSPS) is 15.4. The number of urea groups is 1. The van der Waals surface area contributed by atoms with E-state index in [1.54, 1.807) is 0 Å². The van der Waals surface area contributed by atoms with Gasteiger partial charge in [-0.3, -0.25) is 10.1 Å². The van der Waals surface area contributed by atoms with Crippen molar-refractivity contribution in [3.8, 4) is 0 Å². The molecular formula is C19H29N3O2. The zero-order valence-electron chi connectivity index (χ0n) is 15.1. The maximum atomic E-state index is 11.9. The van der Waals surface area contributed by atoms with E-state index in [-0.39, 0.29) is 24.5 Å². The molecule has 0 spiro atoms. The van der Waals surface area contributed by atoms with Crippen molar-refractivity contribution in [1.82, 2.24) is 16.0 Å². The lowest BCUT2D eigenvalue weighted by molar-refractivity contribution is -0.119. The number of imide groups is 1. The predicted octanol–water partition coefficient (Wildman–Crippen LogP) is 3.08. The maximum absolute atomic E-state index is 11.9. The van der Waals surface area contributed by atoms with Gasteiger partial charge in [-0.05, 0) is 35.8 Å². The second-order valence-corrected chi connectivity index (χ2v) is 7.22. The summed E-state index contributed by atoms with van der Waals surface area (Å²) < 4.78 is 0. The van der Waals surface area contributed by atoms with Crippen LogP contribution in [0.2, 0.25) is 0 Å². The predicted molar refractivity (Wildman–Crippen MR) is 95.8 cm³/mol. The Morgan fingerprint density at radius 3 is 2.12 bits per heavy atom. The molecule has 0 bridgehead atoms. The lowest BCUT2D eigenvalue weighted by Crippen LogP contribution is -2.45. The molecule has 0 saturated heterocycles. The molecule has 3 amide bonds. The van der Waals surface area contributed by atoms with Crippen LogP contribution in [0.25, 0.3) is 0 Å². The first-order valence-corrected chi connectivity index (χ1v) is 8.80. The van der Waals surface area contributed by atoms with Gasteiger partial charge < -0.3 is 10.6 Å². The Labute approximate surface area is 144 Å². The number of benzene rings is 1. The van der Waals surface area contributed by atoms with E-state index in [1.807, 2.05) is 0 Å². The zero-order valence-corrected chi connectivity index (χ0v) is 15.1. The average molecular weight is 331 g/mol. The largest absolute Gasteiger partial charge is 0.335 e. The molecule has 0 aliphatic heterocycles. The molecule has 1 fully saturated rings. The van der Waals surface area contributed by atoms with Gasteiger partial charge >= 0.3 is 6.03 Å². The van der Waals surface area contributed by atoms with E-state index in [0.717, 1.165) is 18.4 Å². The SMILES string of the molecule is CC(C)c1ccc([C@@H](NCC(=O)NC(=O)NC2CC2)C(C)C)cc1. The van der Waals surface area contributed by atoms with Crippen LogP contribution in [0.1, 0.15) is 63.6 Å². The van der Waals surface area contributed by atoms with Gasteiger partial charge in [-0.15, -0.1) is 0 Å². The van der Waals surface area contributed by atoms with Crippen molar-refractivity contribution in [2.24, 2.45) is 5.92 Å². The van der Waals surface area contributed by atoms with Crippen molar-refractivity contribution in [2.45, 2.75) is 58.5 Å². The minimum atomic E-state index is -0.397. The summed E-state index contributed by atoms with van der Waals surface area (Å²) in [6.07, 6.45) is 2.00. The number of carbonyl (C=O) groups is 2. The molecular weight excluding hydrogens is 302 g/mol. The molecule has 1 saturated carbocycles. The standard InChI is InChI=1S/C19H29N3O2/c1-12(2)14-5-7-15(8-6-14)18(13(3)4)20-11-17(23)22-19(24)21-16-9-10-16/h5-8,12-13,16,18,20H,9-11H2,1-4H3,(H2,21,22,23,24)/t18-/m0/s1. The molecule has 0 aromatic heterocycles. The Morgan fingerprint density at radius 1 is 1.04 bits per heavy atom. The molecule has 5 heteroatoms. The summed E-state index contributed by atoms with van der Waals surface area (Å²) in [5.74, 6) is 0.529. The van der Waals surface area contributed by atoms with Crippen molar-refractivity contribution in [2.75, 3.05) is 6.54 Å². The second-order valence-electron chi connectivity index (χ2n) is 7.22. The molecule has 1 aliphatic rings. The van der Waals surface area contributed by atoms with E-state index in [9.17, 15) is 9.59 Å². The Balaban J connectivity index is 1.88. The lowest BCUT2D eigenvalue weighted by atomic mass is 9.93. The van der Waals surface area contributed by atoms with E-state index in [4.69, 9.17) is 0 Å². The van der Waals surface area contributed by atoms with Crippen LogP contribution < -0.4 is 16.0 Å². The van der Waals surface area contributed by atoms with Crippen molar-refractivity contribution in [3.63, 3.8) is 0 Å². The monoisotopic (exact) mass is 331 g/mol. The van der Waals surface area contributed by atoms with Gasteiger partial charge in [-0.2, -0.15) is 0 Å². The number of nitrogens with one attached hydrogen (secondary N) is 3. The summed E-state index contributed by atoms with van der Waals surface area (Å²) in [4.78, 5) is 23.5. The molecule has 2 rings (SSSR count). The molecule has 1 atom stereocenters. The van der Waals surface area contributed by atoms with Gasteiger partial charge in [-0.1, -0.05) is 52.0 Å². The fourth-order valence-corrected chi connectivity index (χ4v) is 2.65. The van der Waals surface area contributed by atoms with Gasteiger partial charge in [0.25, 0.3) is 0 Å². The number of hydrogen-bond acceptors (Lipinski definition) is 3. The summed E-state index contributed by atoms with van der Waals surface area (Å²) >= 11 is 0. The first-order valence-electron chi connectivity index (χ1n) is 8.80. The van der Waals surface area contributed by atoms with E-state index in [1.165, 1.54) is 5.56 Å². The van der Waals surface area contributed by atoms with Gasteiger partial charge in [0.05, 0.1) is 6.54 Å². The molecule has 24 heavy (non-hydrogen) atoms. The van der Waals surface area contributed by atoms with Crippen LogP contribution in [0.4, 0.5) is 4.79 Å². The molecule has 5 nitrogen and oxygen atoms in total. The second kappa shape index (κ2) is 8.29. The van der Waals surface area contributed by atoms with Crippen molar-refractivity contribution < 1.29 is 9.59 Å². The van der Waals surface area contributed by atoms with Crippen LogP contribution in [0.15, 0.2) is 24.3 Å². The van der Waals surface area contributed by atoms with Gasteiger partial charge in [0.2, 0.25) is 5.91 Å². The van der Waals surface area contributed by atoms with Crippen molar-refractivity contribution in [3.05, 3.63) is 35.4 Å². The maximum Gasteiger partial charge on any atom is 0.321 e. The Bertz CT molecular complexity index is 562. The van der Waals surface area contributed by atoms with E-state index < -0.39 is 6.03 Å². The van der Waals surface area contributed by atoms with Gasteiger partial charge in [-0.25, -0.2) is 4.79 Å². The third-order valence-electron chi connectivity index (χ3n) is 4.28. The van der Waals surface area contributed by atoms with Crippen LogP contribution in [0.3, 0.4) is 0 Å². The number of amides is 3. The third-order valence-corrected chi connectivity index (χ3v) is 4.28. The van der Waals surface area contributed by atoms with Crippen LogP contribution >= 0.6 is 0 Å². The molecule has 0 unspecified atom stereocenters. The highest BCUT2D eigenvalue weighted by Gasteiger charge is 2.24. The molecule has 132 valence electrons. The Morgan fingerprint density at radius 2 is 1.62 bits per heavy atom. The van der Waals surface area contributed by atoms with Crippen LogP contribution in [-0.4, -0.2) is 24.5 Å². The highest BCUT2D eigenvalue weighted by molar-refractivity contribution is 5.95. The molecule has 1 aliphatic carbocycles. The molecule has 3 N–H and O–H groups in total. The summed E-state index contributed by atoms with van der Waals surface area (Å²) in [6.45, 7) is 8.69. The Hall–Kier alpha value is -1.88. The van der Waals surface area contributed by atoms with Crippen LogP contribution in [0, 0.1) is 5.92 Å². The highest BCUT2D eigenvalue weighted by Crippen LogP contribution is 2.24. The quantitative estimate of drug-likeness (QED) is 0.719. The van der Waals surface area contributed by atoms with E-state index in [0.29, 0.717) is 11.8 Å². The molecule has 1 aromatic carbocycles. The van der Waals surface area contributed by atoms with Gasteiger partial charge in [0.15, 0.2) is 0 Å². The number of hydrogen-bond donors (Lipinski definition) is 3. The Kier molecular flexibility index (Phi) is 6.37. The van der Waals surface area contributed by atoms with E-state index >= 15 is 0 Å². The first-order chi connectivity index (χ1) is 11.4. The van der Waals surface area contributed by atoms with Crippen molar-refractivity contribution in [1.29, 1.82) is 0 Å². The highest BCUT2D eigenvalue weighted by atomic mass is 16.2. The average Bonchev–Trinajstić information content (AvgIpc) is 3.31.